The van der Waals surface area contributed by atoms with Crippen molar-refractivity contribution in [2.45, 2.75) is 13.8 Å². The van der Waals surface area contributed by atoms with Crippen molar-refractivity contribution in [2.24, 2.45) is 0 Å². The van der Waals surface area contributed by atoms with E-state index in [2.05, 4.69) is 0 Å². The van der Waals surface area contributed by atoms with Gasteiger partial charge in [-0.2, -0.15) is 0 Å². The van der Waals surface area contributed by atoms with Crippen molar-refractivity contribution in [1.29, 1.82) is 0 Å². The number of amides is 1. The average molecular weight is 430 g/mol. The van der Waals surface area contributed by atoms with E-state index < -0.39 is 0 Å². The number of likely N-dealkylation sites (N-methyl/N-ethyl adjacent to an activating group) is 1. The Hall–Kier alpha value is -2.51. The van der Waals surface area contributed by atoms with E-state index in [0.717, 1.165) is 16.9 Å². The SMILES string of the molecule is CCOc1cc(/C=C2\SC(=S)N(C)C2=O)ccc1OCCOc1cccc(C)c1. The summed E-state index contributed by atoms with van der Waals surface area (Å²) in [6, 6.07) is 13.5. The monoisotopic (exact) mass is 429 g/mol. The predicted molar refractivity (Wildman–Crippen MR) is 121 cm³/mol. The van der Waals surface area contributed by atoms with Crippen molar-refractivity contribution in [1.82, 2.24) is 4.90 Å². The number of thioether (sulfide) groups is 1. The highest BCUT2D eigenvalue weighted by Crippen LogP contribution is 2.34. The van der Waals surface area contributed by atoms with Gasteiger partial charge in [0, 0.05) is 7.05 Å². The van der Waals surface area contributed by atoms with Crippen LogP contribution in [-0.2, 0) is 4.79 Å². The fraction of sp³-hybridized carbons (Fsp3) is 0.273. The zero-order chi connectivity index (χ0) is 20.8. The van der Waals surface area contributed by atoms with Crippen molar-refractivity contribution in [2.75, 3.05) is 26.9 Å². The van der Waals surface area contributed by atoms with Crippen LogP contribution in [0.4, 0.5) is 0 Å². The van der Waals surface area contributed by atoms with Gasteiger partial charge in [0.05, 0.1) is 11.5 Å². The van der Waals surface area contributed by atoms with Gasteiger partial charge < -0.3 is 14.2 Å². The van der Waals surface area contributed by atoms with Crippen LogP contribution in [-0.4, -0.2) is 42.0 Å². The molecule has 0 N–H and O–H groups in total. The Kier molecular flexibility index (Phi) is 7.17. The molecule has 1 fully saturated rings. The van der Waals surface area contributed by atoms with Crippen molar-refractivity contribution >= 4 is 40.3 Å². The van der Waals surface area contributed by atoms with Crippen molar-refractivity contribution in [3.63, 3.8) is 0 Å². The molecule has 0 aliphatic carbocycles. The largest absolute Gasteiger partial charge is 0.490 e. The number of benzene rings is 2. The van der Waals surface area contributed by atoms with Crippen LogP contribution in [0.15, 0.2) is 47.4 Å². The van der Waals surface area contributed by atoms with E-state index in [9.17, 15) is 4.79 Å². The van der Waals surface area contributed by atoms with Crippen LogP contribution in [0, 0.1) is 6.92 Å². The lowest BCUT2D eigenvalue weighted by Crippen LogP contribution is -2.22. The third-order valence-corrected chi connectivity index (χ3v) is 5.64. The number of ether oxygens (including phenoxy) is 3. The quantitative estimate of drug-likeness (QED) is 0.345. The Labute approximate surface area is 180 Å². The number of nitrogens with zero attached hydrogens (tertiary/aromatic N) is 1. The Morgan fingerprint density at radius 3 is 2.55 bits per heavy atom. The molecule has 3 rings (SSSR count). The molecule has 0 radical (unpaired) electrons. The summed E-state index contributed by atoms with van der Waals surface area (Å²) in [5, 5.41) is 0. The summed E-state index contributed by atoms with van der Waals surface area (Å²) in [4.78, 5) is 14.3. The lowest BCUT2D eigenvalue weighted by Gasteiger charge is -2.13. The van der Waals surface area contributed by atoms with Gasteiger partial charge in [0.25, 0.3) is 5.91 Å². The molecule has 2 aromatic carbocycles. The second-order valence-corrected chi connectivity index (χ2v) is 8.07. The molecule has 152 valence electrons. The molecule has 7 heteroatoms. The number of carbonyl (C=O) groups is 1. The molecule has 1 aliphatic rings. The lowest BCUT2D eigenvalue weighted by molar-refractivity contribution is -0.121. The van der Waals surface area contributed by atoms with E-state index >= 15 is 0 Å². The molecule has 0 unspecified atom stereocenters. The molecular formula is C22H23NO4S2. The maximum atomic E-state index is 12.2. The first-order valence-corrected chi connectivity index (χ1v) is 10.5. The van der Waals surface area contributed by atoms with E-state index in [1.807, 2.05) is 62.4 Å². The molecule has 0 atom stereocenters. The number of carbonyl (C=O) groups excluding carboxylic acids is 1. The van der Waals surface area contributed by atoms with Gasteiger partial charge in [-0.25, -0.2) is 0 Å². The summed E-state index contributed by atoms with van der Waals surface area (Å²) in [7, 11) is 1.68. The van der Waals surface area contributed by atoms with Crippen LogP contribution < -0.4 is 14.2 Å². The zero-order valence-corrected chi connectivity index (χ0v) is 18.3. The standard InChI is InChI=1S/C22H23NO4S2/c1-4-25-19-13-16(14-20-21(24)23(3)22(28)29-20)8-9-18(19)27-11-10-26-17-7-5-6-15(2)12-17/h5-9,12-14H,4,10-11H2,1-3H3/b20-14-. The van der Waals surface area contributed by atoms with Gasteiger partial charge in [-0.15, -0.1) is 0 Å². The van der Waals surface area contributed by atoms with Crippen LogP contribution in [0.1, 0.15) is 18.1 Å². The van der Waals surface area contributed by atoms with Crippen molar-refractivity contribution in [3.8, 4) is 17.2 Å². The second kappa shape index (κ2) is 9.80. The lowest BCUT2D eigenvalue weighted by atomic mass is 10.2. The normalized spacial score (nSPS) is 15.1. The van der Waals surface area contributed by atoms with Gasteiger partial charge in [-0.05, 0) is 55.3 Å². The minimum absolute atomic E-state index is 0.0911. The highest BCUT2D eigenvalue weighted by molar-refractivity contribution is 8.26. The topological polar surface area (TPSA) is 48.0 Å². The summed E-state index contributed by atoms with van der Waals surface area (Å²) in [5.74, 6) is 2.00. The van der Waals surface area contributed by atoms with E-state index in [0.29, 0.717) is 40.5 Å². The first-order valence-electron chi connectivity index (χ1n) is 9.28. The molecule has 2 aromatic rings. The van der Waals surface area contributed by atoms with Crippen LogP contribution >= 0.6 is 24.0 Å². The minimum atomic E-state index is -0.0911. The number of hydrogen-bond acceptors (Lipinski definition) is 6. The number of thiocarbonyl (C=S) groups is 1. The third kappa shape index (κ3) is 5.52. The number of rotatable bonds is 8. The number of hydrogen-bond donors (Lipinski definition) is 0. The molecule has 1 saturated heterocycles. The van der Waals surface area contributed by atoms with Crippen LogP contribution in [0.25, 0.3) is 6.08 Å². The average Bonchev–Trinajstić information content (AvgIpc) is 2.93. The molecule has 0 spiro atoms. The molecule has 5 nitrogen and oxygen atoms in total. The molecule has 0 bridgehead atoms. The first kappa shape index (κ1) is 21.2. The maximum Gasteiger partial charge on any atom is 0.265 e. The highest BCUT2D eigenvalue weighted by atomic mass is 32.2. The van der Waals surface area contributed by atoms with Gasteiger partial charge in [0.15, 0.2) is 11.5 Å². The summed E-state index contributed by atoms with van der Waals surface area (Å²) in [5.41, 5.74) is 2.00. The van der Waals surface area contributed by atoms with Crippen LogP contribution in [0.2, 0.25) is 0 Å². The Morgan fingerprint density at radius 2 is 1.86 bits per heavy atom. The zero-order valence-electron chi connectivity index (χ0n) is 16.6. The van der Waals surface area contributed by atoms with Crippen LogP contribution in [0.5, 0.6) is 17.2 Å². The Bertz CT molecular complexity index is 942. The summed E-state index contributed by atoms with van der Waals surface area (Å²) in [6.07, 6.45) is 1.82. The fourth-order valence-electron chi connectivity index (χ4n) is 2.72. The minimum Gasteiger partial charge on any atom is -0.490 e. The number of aryl methyl sites for hydroxylation is 1. The molecular weight excluding hydrogens is 406 g/mol. The fourth-order valence-corrected chi connectivity index (χ4v) is 3.89. The van der Waals surface area contributed by atoms with Crippen molar-refractivity contribution in [3.05, 3.63) is 58.5 Å². The van der Waals surface area contributed by atoms with Crippen LogP contribution in [0.3, 0.4) is 0 Å². The Morgan fingerprint density at radius 1 is 1.07 bits per heavy atom. The third-order valence-electron chi connectivity index (χ3n) is 4.15. The first-order chi connectivity index (χ1) is 14.0. The highest BCUT2D eigenvalue weighted by Gasteiger charge is 2.28. The summed E-state index contributed by atoms with van der Waals surface area (Å²) < 4.78 is 17.8. The van der Waals surface area contributed by atoms with Gasteiger partial charge in [-0.3, -0.25) is 9.69 Å². The van der Waals surface area contributed by atoms with Crippen molar-refractivity contribution < 1.29 is 19.0 Å². The second-order valence-electron chi connectivity index (χ2n) is 6.39. The maximum absolute atomic E-state index is 12.2. The van der Waals surface area contributed by atoms with Gasteiger partial charge >= 0.3 is 0 Å². The summed E-state index contributed by atoms with van der Waals surface area (Å²) >= 11 is 6.47. The summed E-state index contributed by atoms with van der Waals surface area (Å²) in [6.45, 7) is 5.27. The molecule has 29 heavy (non-hydrogen) atoms. The van der Waals surface area contributed by atoms with E-state index in [4.69, 9.17) is 26.4 Å². The van der Waals surface area contributed by atoms with Gasteiger partial charge in [0.2, 0.25) is 0 Å². The van der Waals surface area contributed by atoms with E-state index in [1.165, 1.54) is 16.7 Å². The van der Waals surface area contributed by atoms with E-state index in [-0.39, 0.29) is 5.91 Å². The Balaban J connectivity index is 1.65. The smallest absolute Gasteiger partial charge is 0.265 e. The molecule has 0 aromatic heterocycles. The molecule has 1 heterocycles. The van der Waals surface area contributed by atoms with E-state index in [1.54, 1.807) is 7.05 Å². The van der Waals surface area contributed by atoms with Gasteiger partial charge in [0.1, 0.15) is 23.3 Å². The predicted octanol–water partition coefficient (Wildman–Crippen LogP) is 4.68. The molecule has 0 saturated carbocycles. The van der Waals surface area contributed by atoms with Gasteiger partial charge in [-0.1, -0.05) is 42.2 Å². The molecule has 1 amide bonds. The molecule has 1 aliphatic heterocycles.